The molecule has 4 rings (SSSR count). The van der Waals surface area contributed by atoms with Crippen molar-refractivity contribution in [1.29, 1.82) is 0 Å². The van der Waals surface area contributed by atoms with E-state index in [0.29, 0.717) is 10.8 Å². The Labute approximate surface area is 170 Å². The maximum Gasteiger partial charge on any atom is -0.00872 e. The van der Waals surface area contributed by atoms with Gasteiger partial charge in [-0.2, -0.15) is 0 Å². The van der Waals surface area contributed by atoms with Crippen molar-refractivity contribution in [2.24, 2.45) is 52.3 Å². The molecule has 3 saturated carbocycles. The number of allylic oxidation sites excluding steroid dienone is 2. The van der Waals surface area contributed by atoms with Crippen LogP contribution in [0.25, 0.3) is 0 Å². The Morgan fingerprint density at radius 3 is 2.48 bits per heavy atom. The predicted octanol–water partition coefficient (Wildman–Crippen LogP) is 8.27. The molecule has 0 heteroatoms. The molecule has 0 bridgehead atoms. The lowest BCUT2D eigenvalue weighted by atomic mass is 9.45. The van der Waals surface area contributed by atoms with Crippen molar-refractivity contribution in [2.45, 2.75) is 105 Å². The van der Waals surface area contributed by atoms with Crippen LogP contribution in [0.5, 0.6) is 0 Å². The fourth-order valence-electron chi connectivity index (χ4n) is 8.84. The summed E-state index contributed by atoms with van der Waals surface area (Å²) < 4.78 is 0. The highest BCUT2D eigenvalue weighted by atomic mass is 14.6. The van der Waals surface area contributed by atoms with Crippen LogP contribution >= 0.6 is 0 Å². The molecule has 154 valence electrons. The Bertz CT molecular complexity index is 544. The van der Waals surface area contributed by atoms with Crippen LogP contribution in [0.3, 0.4) is 0 Å². The molecule has 0 saturated heterocycles. The van der Waals surface area contributed by atoms with Crippen molar-refractivity contribution in [3.05, 3.63) is 12.2 Å². The monoisotopic (exact) mass is 370 g/mol. The van der Waals surface area contributed by atoms with E-state index in [0.717, 1.165) is 41.4 Å². The van der Waals surface area contributed by atoms with Gasteiger partial charge in [0.05, 0.1) is 0 Å². The molecule has 3 fully saturated rings. The van der Waals surface area contributed by atoms with Gasteiger partial charge in [-0.25, -0.2) is 0 Å². The van der Waals surface area contributed by atoms with Gasteiger partial charge in [-0.3, -0.25) is 0 Å². The van der Waals surface area contributed by atoms with Gasteiger partial charge in [-0.15, -0.1) is 0 Å². The van der Waals surface area contributed by atoms with Crippen molar-refractivity contribution in [1.82, 2.24) is 0 Å². The van der Waals surface area contributed by atoms with Crippen LogP contribution in [0.1, 0.15) is 105 Å². The molecule has 4 aliphatic rings. The summed E-state index contributed by atoms with van der Waals surface area (Å²) >= 11 is 0. The standard InChI is InChI=1S/C27H46/c1-19(2)9-8-10-20(3)23-14-15-24-22-13-12-21-11-6-7-17-26(21,4)25(22)16-18-27(23,24)5/h7,17,19-25H,6,8-16,18H2,1-5H3/t20-,21+,22-,23+,24-,25-,26-,27+/m0/s1. The molecule has 0 unspecified atom stereocenters. The molecule has 0 nitrogen and oxygen atoms in total. The summed E-state index contributed by atoms with van der Waals surface area (Å²) in [5.74, 6) is 6.85. The molecule has 0 aliphatic heterocycles. The van der Waals surface area contributed by atoms with Crippen molar-refractivity contribution in [2.75, 3.05) is 0 Å². The van der Waals surface area contributed by atoms with Crippen molar-refractivity contribution < 1.29 is 0 Å². The summed E-state index contributed by atoms with van der Waals surface area (Å²) in [7, 11) is 0. The Morgan fingerprint density at radius 2 is 1.70 bits per heavy atom. The van der Waals surface area contributed by atoms with E-state index in [1.54, 1.807) is 12.8 Å². The third kappa shape index (κ3) is 3.36. The molecule has 0 spiro atoms. The van der Waals surface area contributed by atoms with Gasteiger partial charge in [0.2, 0.25) is 0 Å². The lowest BCUT2D eigenvalue weighted by Gasteiger charge is -2.59. The zero-order chi connectivity index (χ0) is 19.2. The Hall–Kier alpha value is -0.260. The first-order valence-electron chi connectivity index (χ1n) is 12.5. The van der Waals surface area contributed by atoms with Crippen molar-refractivity contribution in [3.63, 3.8) is 0 Å². The Morgan fingerprint density at radius 1 is 0.889 bits per heavy atom. The summed E-state index contributed by atoms with van der Waals surface area (Å²) in [4.78, 5) is 0. The van der Waals surface area contributed by atoms with Gasteiger partial charge in [0, 0.05) is 0 Å². The largest absolute Gasteiger partial charge is 0.0880 e. The first kappa shape index (κ1) is 20.0. The first-order chi connectivity index (χ1) is 12.9. The van der Waals surface area contributed by atoms with E-state index in [4.69, 9.17) is 0 Å². The average molecular weight is 371 g/mol. The van der Waals surface area contributed by atoms with Crippen molar-refractivity contribution >= 4 is 0 Å². The fourth-order valence-corrected chi connectivity index (χ4v) is 8.84. The highest BCUT2D eigenvalue weighted by Gasteiger charge is 2.59. The molecule has 0 aromatic heterocycles. The minimum Gasteiger partial charge on any atom is -0.0880 e. The zero-order valence-corrected chi connectivity index (χ0v) is 19.0. The summed E-state index contributed by atoms with van der Waals surface area (Å²) in [5, 5.41) is 0. The Balaban J connectivity index is 1.48. The SMILES string of the molecule is CC(C)CCC[C@H](C)[C@H]1CC[C@H]2[C@@H]3CC[C@H]4CCC=C[C@]4(C)[C@H]3CC[C@]12C. The minimum atomic E-state index is 0.531. The van der Waals surface area contributed by atoms with Gasteiger partial charge in [-0.05, 0) is 104 Å². The second kappa shape index (κ2) is 7.53. The van der Waals surface area contributed by atoms with Crippen LogP contribution in [0.2, 0.25) is 0 Å². The average Bonchev–Trinajstić information content (AvgIpc) is 2.98. The van der Waals surface area contributed by atoms with Crippen molar-refractivity contribution in [3.8, 4) is 0 Å². The van der Waals surface area contributed by atoms with Crippen LogP contribution in [-0.2, 0) is 0 Å². The lowest BCUT2D eigenvalue weighted by molar-refractivity contribution is -0.0845. The van der Waals surface area contributed by atoms with E-state index < -0.39 is 0 Å². The molecule has 8 atom stereocenters. The van der Waals surface area contributed by atoms with E-state index >= 15 is 0 Å². The van der Waals surface area contributed by atoms with E-state index in [1.165, 1.54) is 57.8 Å². The van der Waals surface area contributed by atoms with Crippen LogP contribution in [0.15, 0.2) is 12.2 Å². The molecular weight excluding hydrogens is 324 g/mol. The third-order valence-electron chi connectivity index (χ3n) is 10.3. The summed E-state index contributed by atoms with van der Waals surface area (Å²) in [6, 6.07) is 0. The Kier molecular flexibility index (Phi) is 5.59. The third-order valence-corrected chi connectivity index (χ3v) is 10.3. The number of rotatable bonds is 5. The molecule has 0 aromatic rings. The highest BCUT2D eigenvalue weighted by molar-refractivity contribution is 5.15. The zero-order valence-electron chi connectivity index (χ0n) is 19.0. The molecule has 0 aromatic carbocycles. The van der Waals surface area contributed by atoms with Crippen LogP contribution < -0.4 is 0 Å². The number of hydrogen-bond acceptors (Lipinski definition) is 0. The molecule has 0 radical (unpaired) electrons. The van der Waals surface area contributed by atoms with Gasteiger partial charge >= 0.3 is 0 Å². The minimum absolute atomic E-state index is 0.531. The maximum atomic E-state index is 2.73. The highest BCUT2D eigenvalue weighted by Crippen LogP contribution is 2.67. The second-order valence-electron chi connectivity index (χ2n) is 12.0. The summed E-state index contributed by atoms with van der Waals surface area (Å²) in [5.41, 5.74) is 1.18. The topological polar surface area (TPSA) is 0 Å². The molecule has 0 N–H and O–H groups in total. The lowest BCUT2D eigenvalue weighted by Crippen LogP contribution is -2.52. The van der Waals surface area contributed by atoms with Crippen LogP contribution in [0.4, 0.5) is 0 Å². The molecule has 0 amide bonds. The van der Waals surface area contributed by atoms with E-state index in [1.807, 2.05) is 0 Å². The van der Waals surface area contributed by atoms with Crippen LogP contribution in [-0.4, -0.2) is 0 Å². The molecular formula is C27H46. The number of hydrogen-bond donors (Lipinski definition) is 0. The van der Waals surface area contributed by atoms with E-state index in [9.17, 15) is 0 Å². The summed E-state index contributed by atoms with van der Waals surface area (Å²) in [6.07, 6.45) is 21.5. The second-order valence-corrected chi connectivity index (χ2v) is 12.0. The smallest absolute Gasteiger partial charge is 0.00872 e. The molecule has 4 aliphatic carbocycles. The predicted molar refractivity (Wildman–Crippen MR) is 118 cm³/mol. The fraction of sp³-hybridized carbons (Fsp3) is 0.926. The molecule has 27 heavy (non-hydrogen) atoms. The normalized spacial score (nSPS) is 47.4. The van der Waals surface area contributed by atoms with Crippen LogP contribution in [0, 0.1) is 52.3 Å². The molecule has 0 heterocycles. The van der Waals surface area contributed by atoms with Gasteiger partial charge in [0.15, 0.2) is 0 Å². The maximum absolute atomic E-state index is 2.73. The van der Waals surface area contributed by atoms with Gasteiger partial charge in [0.1, 0.15) is 0 Å². The first-order valence-corrected chi connectivity index (χ1v) is 12.5. The van der Waals surface area contributed by atoms with Gasteiger partial charge in [0.25, 0.3) is 0 Å². The number of fused-ring (bicyclic) bond motifs is 5. The van der Waals surface area contributed by atoms with Gasteiger partial charge < -0.3 is 0 Å². The van der Waals surface area contributed by atoms with E-state index in [-0.39, 0.29) is 0 Å². The van der Waals surface area contributed by atoms with Gasteiger partial charge in [-0.1, -0.05) is 66.0 Å². The summed E-state index contributed by atoms with van der Waals surface area (Å²) in [6.45, 7) is 12.8. The van der Waals surface area contributed by atoms with E-state index in [2.05, 4.69) is 46.8 Å². The quantitative estimate of drug-likeness (QED) is 0.427.